The van der Waals surface area contributed by atoms with Gasteiger partial charge in [-0.3, -0.25) is 4.79 Å². The van der Waals surface area contributed by atoms with Crippen molar-refractivity contribution >= 4 is 24.1 Å². The van der Waals surface area contributed by atoms with Crippen LogP contribution in [0.3, 0.4) is 0 Å². The van der Waals surface area contributed by atoms with Crippen LogP contribution in [0.4, 0.5) is 23.9 Å². The lowest BCUT2D eigenvalue weighted by Crippen LogP contribution is -2.54. The molecule has 1 aromatic rings. The second kappa shape index (κ2) is 12.4. The minimum Gasteiger partial charge on any atom is -0.337 e. The van der Waals surface area contributed by atoms with Crippen molar-refractivity contribution in [2.45, 2.75) is 32.2 Å². The second-order valence-corrected chi connectivity index (χ2v) is 10.9. The van der Waals surface area contributed by atoms with Gasteiger partial charge < -0.3 is 19.6 Å². The molecule has 13 heteroatoms. The Bertz CT molecular complexity index is 1260. The van der Waals surface area contributed by atoms with Gasteiger partial charge in [-0.1, -0.05) is 6.58 Å². The lowest BCUT2D eigenvalue weighted by atomic mass is 9.99. The van der Waals surface area contributed by atoms with Crippen LogP contribution in [0.15, 0.2) is 47.3 Å². The van der Waals surface area contributed by atoms with Gasteiger partial charge in [0.2, 0.25) is 5.95 Å². The number of allylic oxidation sites excluding steroid dienone is 3. The van der Waals surface area contributed by atoms with E-state index in [9.17, 15) is 22.8 Å². The van der Waals surface area contributed by atoms with E-state index in [1.165, 1.54) is 17.9 Å². The molecule has 1 aromatic heterocycles. The summed E-state index contributed by atoms with van der Waals surface area (Å²) in [6.07, 6.45) is 7.23. The summed E-state index contributed by atoms with van der Waals surface area (Å²) in [5.74, 6) is -2.03. The first kappa shape index (κ1) is 28.8. The number of nitrogens with zero attached hydrogens (tertiary/aromatic N) is 8. The molecule has 41 heavy (non-hydrogen) atoms. The molecule has 0 spiro atoms. The molecule has 0 saturated carbocycles. The lowest BCUT2D eigenvalue weighted by Gasteiger charge is -2.41. The van der Waals surface area contributed by atoms with Gasteiger partial charge in [-0.05, 0) is 44.5 Å². The summed E-state index contributed by atoms with van der Waals surface area (Å²) in [5, 5.41) is 5.41. The molecule has 0 bridgehead atoms. The Hall–Kier alpha value is -3.74. The molecule has 0 unspecified atom stereocenters. The van der Waals surface area contributed by atoms with E-state index in [1.54, 1.807) is 20.9 Å². The molecule has 0 radical (unpaired) electrons. The number of carbonyl (C=O) groups excluding carboxylic acids is 2. The fraction of sp³-hybridized carbons (Fsp3) is 0.536. The molecule has 5 heterocycles. The van der Waals surface area contributed by atoms with Crippen molar-refractivity contribution < 1.29 is 22.8 Å². The molecule has 4 aliphatic heterocycles. The highest BCUT2D eigenvalue weighted by atomic mass is 19.1. The first-order valence-electron chi connectivity index (χ1n) is 14.0. The Morgan fingerprint density at radius 1 is 1.05 bits per heavy atom. The minimum atomic E-state index is -0.795. The highest BCUT2D eigenvalue weighted by Gasteiger charge is 2.36. The standard InChI is InChI=1S/C28H35F3N8O2/c1-19(13-22(30)14-20(2)29)24-5-6-33-39(24)28(41)37-11-9-36(10-12-37)27-32-15-23(31)25(34-27)26(40)38-17-21(18-38)16-35-7-3-4-8-35/h6,13-15,21,24H,1,3-5,7-12,16-18H2,2H3/b20-14+,22-13+/t24-/m0/s1. The molecule has 1 atom stereocenters. The summed E-state index contributed by atoms with van der Waals surface area (Å²) < 4.78 is 41.6. The van der Waals surface area contributed by atoms with Crippen molar-refractivity contribution in [1.29, 1.82) is 0 Å². The van der Waals surface area contributed by atoms with Gasteiger partial charge in [-0.15, -0.1) is 0 Å². The number of hydrazone groups is 1. The van der Waals surface area contributed by atoms with Gasteiger partial charge in [0.05, 0.1) is 18.1 Å². The highest BCUT2D eigenvalue weighted by molar-refractivity contribution is 5.93. The first-order valence-corrected chi connectivity index (χ1v) is 14.0. The van der Waals surface area contributed by atoms with E-state index in [1.807, 2.05) is 0 Å². The van der Waals surface area contributed by atoms with Crippen LogP contribution in [0.5, 0.6) is 0 Å². The molecular weight excluding hydrogens is 537 g/mol. The van der Waals surface area contributed by atoms with Crippen molar-refractivity contribution in [2.75, 3.05) is 63.8 Å². The maximum Gasteiger partial charge on any atom is 0.341 e. The maximum absolute atomic E-state index is 14.6. The summed E-state index contributed by atoms with van der Waals surface area (Å²) in [6, 6.07) is -0.946. The largest absolute Gasteiger partial charge is 0.341 e. The van der Waals surface area contributed by atoms with Crippen LogP contribution in [0, 0.1) is 11.7 Å². The highest BCUT2D eigenvalue weighted by Crippen LogP contribution is 2.25. The van der Waals surface area contributed by atoms with E-state index < -0.39 is 29.4 Å². The predicted octanol–water partition coefficient (Wildman–Crippen LogP) is 3.37. The zero-order valence-electron chi connectivity index (χ0n) is 23.2. The van der Waals surface area contributed by atoms with Gasteiger partial charge >= 0.3 is 6.03 Å². The SMILES string of the molecule is C=C(/C=C(F)\C=C(/C)F)[C@@H]1CC=NN1C(=O)N1CCN(c2ncc(F)c(C(=O)N3CC(CN4CCCC4)C3)n2)CC1. The van der Waals surface area contributed by atoms with Crippen LogP contribution in [0.2, 0.25) is 0 Å². The van der Waals surface area contributed by atoms with Crippen molar-refractivity contribution in [3.63, 3.8) is 0 Å². The van der Waals surface area contributed by atoms with Gasteiger partial charge in [0.15, 0.2) is 11.5 Å². The monoisotopic (exact) mass is 572 g/mol. The molecule has 4 aliphatic rings. The number of halogens is 3. The third kappa shape index (κ3) is 6.61. The Kier molecular flexibility index (Phi) is 8.71. The number of amides is 3. The Labute approximate surface area is 237 Å². The fourth-order valence-electron chi connectivity index (χ4n) is 5.65. The summed E-state index contributed by atoms with van der Waals surface area (Å²) in [7, 11) is 0. The number of likely N-dealkylation sites (tertiary alicyclic amines) is 2. The Morgan fingerprint density at radius 3 is 2.44 bits per heavy atom. The summed E-state index contributed by atoms with van der Waals surface area (Å²) in [6.45, 7) is 10.7. The molecule has 0 aromatic carbocycles. The molecule has 0 N–H and O–H groups in total. The molecule has 10 nitrogen and oxygen atoms in total. The molecule has 5 rings (SSSR count). The number of hydrogen-bond donors (Lipinski definition) is 0. The van der Waals surface area contributed by atoms with Crippen molar-refractivity contribution in [1.82, 2.24) is 29.7 Å². The number of aromatic nitrogens is 2. The normalized spacial score (nSPS) is 22.5. The van der Waals surface area contributed by atoms with E-state index in [0.29, 0.717) is 57.2 Å². The summed E-state index contributed by atoms with van der Waals surface area (Å²) in [4.78, 5) is 42.0. The van der Waals surface area contributed by atoms with E-state index in [2.05, 4.69) is 26.5 Å². The van der Waals surface area contributed by atoms with Gasteiger partial charge in [-0.25, -0.2) is 32.9 Å². The average molecular weight is 573 g/mol. The fourth-order valence-corrected chi connectivity index (χ4v) is 5.65. The molecule has 3 fully saturated rings. The lowest BCUT2D eigenvalue weighted by molar-refractivity contribution is 0.0422. The van der Waals surface area contributed by atoms with E-state index in [-0.39, 0.29) is 17.7 Å². The topological polar surface area (TPSA) is 88.5 Å². The van der Waals surface area contributed by atoms with Crippen LogP contribution in [0.25, 0.3) is 0 Å². The van der Waals surface area contributed by atoms with E-state index >= 15 is 0 Å². The molecule has 220 valence electrons. The maximum atomic E-state index is 14.6. The van der Waals surface area contributed by atoms with Crippen LogP contribution in [0.1, 0.15) is 36.7 Å². The number of rotatable bonds is 7. The predicted molar refractivity (Wildman–Crippen MR) is 148 cm³/mol. The first-order chi connectivity index (χ1) is 19.7. The minimum absolute atomic E-state index is 0.235. The zero-order valence-corrected chi connectivity index (χ0v) is 23.2. The number of anilines is 1. The molecule has 3 amide bonds. The van der Waals surface area contributed by atoms with Crippen molar-refractivity contribution in [3.8, 4) is 0 Å². The van der Waals surface area contributed by atoms with E-state index in [0.717, 1.165) is 44.9 Å². The Balaban J connectivity index is 1.15. The number of piperazine rings is 1. The van der Waals surface area contributed by atoms with Gasteiger partial charge in [0.25, 0.3) is 5.91 Å². The number of carbonyl (C=O) groups is 2. The Morgan fingerprint density at radius 2 is 1.76 bits per heavy atom. The third-order valence-electron chi connectivity index (χ3n) is 7.84. The van der Waals surface area contributed by atoms with Gasteiger partial charge in [0, 0.05) is 70.4 Å². The number of hydrogen-bond acceptors (Lipinski definition) is 7. The van der Waals surface area contributed by atoms with Gasteiger partial charge in [0.1, 0.15) is 5.83 Å². The second-order valence-electron chi connectivity index (χ2n) is 10.9. The van der Waals surface area contributed by atoms with Crippen LogP contribution >= 0.6 is 0 Å². The zero-order chi connectivity index (χ0) is 29.1. The molecular formula is C28H35F3N8O2. The summed E-state index contributed by atoms with van der Waals surface area (Å²) >= 11 is 0. The van der Waals surface area contributed by atoms with Crippen molar-refractivity contribution in [2.24, 2.45) is 11.0 Å². The molecule has 3 saturated heterocycles. The van der Waals surface area contributed by atoms with E-state index in [4.69, 9.17) is 0 Å². The van der Waals surface area contributed by atoms with Gasteiger partial charge in [-0.2, -0.15) is 5.10 Å². The summed E-state index contributed by atoms with van der Waals surface area (Å²) in [5.41, 5.74) is 0.0601. The van der Waals surface area contributed by atoms with Crippen molar-refractivity contribution in [3.05, 3.63) is 53.7 Å². The number of urea groups is 1. The smallest absolute Gasteiger partial charge is 0.337 e. The molecule has 0 aliphatic carbocycles. The third-order valence-corrected chi connectivity index (χ3v) is 7.84. The quantitative estimate of drug-likeness (QED) is 0.466. The average Bonchev–Trinajstić information content (AvgIpc) is 3.62. The van der Waals surface area contributed by atoms with Crippen LogP contribution in [-0.2, 0) is 0 Å². The van der Waals surface area contributed by atoms with Crippen LogP contribution < -0.4 is 4.90 Å². The van der Waals surface area contributed by atoms with Crippen LogP contribution in [-0.4, -0.2) is 113 Å².